The number of nitrogens with one attached hydrogen (secondary N) is 1. The molecule has 1 atom stereocenters. The first-order chi connectivity index (χ1) is 13.2. The first-order valence-electron chi connectivity index (χ1n) is 11.8. The molecule has 4 heteroatoms. The number of hydrogen-bond donors (Lipinski definition) is 1. The summed E-state index contributed by atoms with van der Waals surface area (Å²) >= 11 is 0. The van der Waals surface area contributed by atoms with Gasteiger partial charge >= 0.3 is 0 Å². The van der Waals surface area contributed by atoms with Crippen molar-refractivity contribution in [3.8, 4) is 0 Å². The lowest BCUT2D eigenvalue weighted by Crippen LogP contribution is -2.28. The van der Waals surface area contributed by atoms with Gasteiger partial charge in [-0.25, -0.2) is 0 Å². The number of carbonyl (C=O) groups excluding carboxylic acids is 1. The predicted molar refractivity (Wildman–Crippen MR) is 118 cm³/mol. The highest BCUT2D eigenvalue weighted by molar-refractivity contribution is 5.78. The first-order valence-corrected chi connectivity index (χ1v) is 11.8. The minimum atomic E-state index is -0.308. The maximum Gasteiger partial charge on any atom is 0.212 e. The van der Waals surface area contributed by atoms with Crippen LogP contribution in [-0.4, -0.2) is 30.4 Å². The van der Waals surface area contributed by atoms with E-state index in [0.29, 0.717) is 0 Å². The highest BCUT2D eigenvalue weighted by Crippen LogP contribution is 2.18. The van der Waals surface area contributed by atoms with Gasteiger partial charge in [0.25, 0.3) is 0 Å². The van der Waals surface area contributed by atoms with E-state index in [1.807, 2.05) is 0 Å². The maximum atomic E-state index is 11.8. The second-order valence-electron chi connectivity index (χ2n) is 8.01. The molecule has 0 fully saturated rings. The third-order valence-corrected chi connectivity index (χ3v) is 5.80. The van der Waals surface area contributed by atoms with Crippen molar-refractivity contribution in [1.29, 1.82) is 0 Å². The van der Waals surface area contributed by atoms with Crippen molar-refractivity contribution in [2.24, 2.45) is 5.92 Å². The zero-order valence-corrected chi connectivity index (χ0v) is 18.6. The van der Waals surface area contributed by atoms with Gasteiger partial charge in [0.1, 0.15) is 0 Å². The fourth-order valence-electron chi connectivity index (χ4n) is 3.82. The van der Waals surface area contributed by atoms with E-state index in [4.69, 9.17) is 0 Å². The molecule has 0 aliphatic rings. The molecule has 0 saturated heterocycles. The molecule has 0 aromatic heterocycles. The molecule has 4 nitrogen and oxygen atoms in total. The number of hydroxylamine groups is 1. The van der Waals surface area contributed by atoms with Gasteiger partial charge < -0.3 is 15.6 Å². The van der Waals surface area contributed by atoms with Crippen LogP contribution in [0.5, 0.6) is 0 Å². The lowest BCUT2D eigenvalue weighted by atomic mass is 9.94. The van der Waals surface area contributed by atoms with Gasteiger partial charge in [0.15, 0.2) is 0 Å². The monoisotopic (exact) mass is 383 g/mol. The van der Waals surface area contributed by atoms with Gasteiger partial charge in [0.05, 0.1) is 0 Å². The minimum absolute atomic E-state index is 0.0961. The molecule has 0 spiro atoms. The number of hydrogen-bond acceptors (Lipinski definition) is 3. The van der Waals surface area contributed by atoms with E-state index < -0.39 is 0 Å². The Labute approximate surface area is 169 Å². The fraction of sp³-hybridized carbons (Fsp3) is 0.957. The smallest absolute Gasteiger partial charge is 0.212 e. The van der Waals surface area contributed by atoms with Crippen LogP contribution in [0.2, 0.25) is 0 Å². The van der Waals surface area contributed by atoms with Crippen LogP contribution in [0.15, 0.2) is 0 Å². The van der Waals surface area contributed by atoms with Crippen molar-refractivity contribution in [3.05, 3.63) is 5.21 Å². The topological polar surface area (TPSA) is 55.4 Å². The third kappa shape index (κ3) is 16.1. The number of unbranched alkanes of at least 4 members (excludes halogenated alkanes) is 11. The number of nitrogens with zero attached hydrogens (tertiary/aromatic N) is 1. The maximum absolute atomic E-state index is 11.8. The van der Waals surface area contributed by atoms with Crippen molar-refractivity contribution in [2.75, 3.05) is 19.6 Å². The summed E-state index contributed by atoms with van der Waals surface area (Å²) in [5.41, 5.74) is 1.62. The van der Waals surface area contributed by atoms with Gasteiger partial charge in [0.2, 0.25) is 5.91 Å². The first kappa shape index (κ1) is 26.4. The highest BCUT2D eigenvalue weighted by Gasteiger charge is 2.15. The zero-order chi connectivity index (χ0) is 20.2. The molecule has 27 heavy (non-hydrogen) atoms. The van der Waals surface area contributed by atoms with Crippen LogP contribution in [-0.2, 0) is 4.79 Å². The SMILES string of the molecule is CCCCCCCCCCCCCCC(CCCN(CC)CC)C(=O)N[O-]. The molecule has 0 radical (unpaired) electrons. The average Bonchev–Trinajstić information content (AvgIpc) is 2.69. The molecular weight excluding hydrogens is 336 g/mol. The number of amides is 1. The summed E-state index contributed by atoms with van der Waals surface area (Å²) in [7, 11) is 0. The summed E-state index contributed by atoms with van der Waals surface area (Å²) in [6.07, 6.45) is 18.6. The lowest BCUT2D eigenvalue weighted by molar-refractivity contribution is -0.124. The van der Waals surface area contributed by atoms with Gasteiger partial charge in [0, 0.05) is 5.92 Å². The van der Waals surface area contributed by atoms with Crippen molar-refractivity contribution in [3.63, 3.8) is 0 Å². The summed E-state index contributed by atoms with van der Waals surface area (Å²) in [6.45, 7) is 9.71. The number of carbonyl (C=O) groups is 1. The molecular formula is C23H47N2O2-. The molecule has 0 aromatic carbocycles. The van der Waals surface area contributed by atoms with Gasteiger partial charge in [-0.3, -0.25) is 4.79 Å². The zero-order valence-electron chi connectivity index (χ0n) is 18.6. The van der Waals surface area contributed by atoms with Gasteiger partial charge in [-0.15, -0.1) is 0 Å². The average molecular weight is 384 g/mol. The van der Waals surface area contributed by atoms with Crippen LogP contribution < -0.4 is 5.48 Å². The van der Waals surface area contributed by atoms with E-state index in [9.17, 15) is 10.0 Å². The standard InChI is InChI=1S/C23H47N2O2/c1-4-7-8-9-10-11-12-13-14-15-16-17-19-22(23(26)24-27)20-18-21-25(5-2)6-3/h22H,4-21H2,1-3H3,(H-,24,26,27)/q-1. The Kier molecular flexibility index (Phi) is 19.7. The fourth-order valence-corrected chi connectivity index (χ4v) is 3.82. The Morgan fingerprint density at radius 1 is 0.741 bits per heavy atom. The molecule has 0 saturated carbocycles. The third-order valence-electron chi connectivity index (χ3n) is 5.80. The van der Waals surface area contributed by atoms with Crippen molar-refractivity contribution in [1.82, 2.24) is 10.4 Å². The van der Waals surface area contributed by atoms with Crippen LogP contribution in [0.3, 0.4) is 0 Å². The molecule has 1 unspecified atom stereocenters. The largest absolute Gasteiger partial charge is 0.759 e. The molecule has 1 amide bonds. The summed E-state index contributed by atoms with van der Waals surface area (Å²) in [5, 5.41) is 10.8. The quantitative estimate of drug-likeness (QED) is 0.195. The second kappa shape index (κ2) is 20.1. The summed E-state index contributed by atoms with van der Waals surface area (Å²) < 4.78 is 0. The van der Waals surface area contributed by atoms with Gasteiger partial charge in [-0.05, 0) is 38.9 Å². The molecule has 0 heterocycles. The van der Waals surface area contributed by atoms with E-state index in [2.05, 4.69) is 25.7 Å². The Morgan fingerprint density at radius 3 is 1.63 bits per heavy atom. The van der Waals surface area contributed by atoms with E-state index in [0.717, 1.165) is 45.3 Å². The van der Waals surface area contributed by atoms with Crippen LogP contribution in [0.4, 0.5) is 0 Å². The van der Waals surface area contributed by atoms with Crippen molar-refractivity contribution >= 4 is 5.91 Å². The van der Waals surface area contributed by atoms with Crippen molar-refractivity contribution < 1.29 is 4.79 Å². The van der Waals surface area contributed by atoms with E-state index in [1.54, 1.807) is 5.48 Å². The Balaban J connectivity index is 3.66. The molecule has 1 N–H and O–H groups in total. The molecule has 162 valence electrons. The highest BCUT2D eigenvalue weighted by atomic mass is 16.5. The molecule has 0 aromatic rings. The van der Waals surface area contributed by atoms with Crippen LogP contribution in [0.1, 0.15) is 117 Å². The van der Waals surface area contributed by atoms with E-state index >= 15 is 0 Å². The van der Waals surface area contributed by atoms with Crippen LogP contribution in [0, 0.1) is 11.1 Å². The second-order valence-corrected chi connectivity index (χ2v) is 8.01. The number of rotatable bonds is 20. The molecule has 0 bridgehead atoms. The molecule has 0 aliphatic heterocycles. The Bertz CT molecular complexity index is 320. The molecule has 0 aliphatic carbocycles. The van der Waals surface area contributed by atoms with Crippen LogP contribution >= 0.6 is 0 Å². The van der Waals surface area contributed by atoms with E-state index in [1.165, 1.54) is 70.6 Å². The summed E-state index contributed by atoms with van der Waals surface area (Å²) in [6, 6.07) is 0. The Hall–Kier alpha value is -0.610. The summed E-state index contributed by atoms with van der Waals surface area (Å²) in [4.78, 5) is 14.2. The minimum Gasteiger partial charge on any atom is -0.759 e. The van der Waals surface area contributed by atoms with Gasteiger partial charge in [-0.2, -0.15) is 0 Å². The predicted octanol–water partition coefficient (Wildman–Crippen LogP) is 6.43. The Morgan fingerprint density at radius 2 is 1.19 bits per heavy atom. The lowest BCUT2D eigenvalue weighted by Gasteiger charge is -2.22. The van der Waals surface area contributed by atoms with Gasteiger partial charge in [-0.1, -0.05) is 97.8 Å². The molecule has 0 rings (SSSR count). The summed E-state index contributed by atoms with van der Waals surface area (Å²) in [5.74, 6) is -0.404. The van der Waals surface area contributed by atoms with E-state index in [-0.39, 0.29) is 11.8 Å². The van der Waals surface area contributed by atoms with Crippen molar-refractivity contribution in [2.45, 2.75) is 117 Å². The van der Waals surface area contributed by atoms with Crippen LogP contribution in [0.25, 0.3) is 0 Å². The normalized spacial score (nSPS) is 12.5.